The average molecular weight is 243 g/mol. The second-order valence-electron chi connectivity index (χ2n) is 2.88. The van der Waals surface area contributed by atoms with Gasteiger partial charge in [-0.1, -0.05) is 16.8 Å². The van der Waals surface area contributed by atoms with Crippen LogP contribution in [-0.4, -0.2) is 24.1 Å². The summed E-state index contributed by atoms with van der Waals surface area (Å²) in [5.41, 5.74) is 6.24. The maximum absolute atomic E-state index is 11.1. The Hall–Kier alpha value is -1.95. The van der Waals surface area contributed by atoms with Crippen molar-refractivity contribution < 1.29 is 10.0 Å². The molecule has 0 saturated heterocycles. The van der Waals surface area contributed by atoms with Crippen LogP contribution in [0, 0.1) is 0 Å². The predicted molar refractivity (Wildman–Crippen MR) is 62.0 cm³/mol. The zero-order valence-electron chi connectivity index (χ0n) is 8.49. The standard InChI is InChI=1S/C9H11ClN4O2/c1-12-9(15)13-7-4-5(8(11)14-16)2-3-6(7)10/h2-4,16H,1H3,(H2,11,14)(H2,12,13,15). The van der Waals surface area contributed by atoms with Crippen LogP contribution in [0.1, 0.15) is 5.56 Å². The molecule has 0 aliphatic carbocycles. The number of nitrogens with two attached hydrogens (primary N) is 1. The molecule has 1 aromatic carbocycles. The van der Waals surface area contributed by atoms with Crippen LogP contribution in [0.25, 0.3) is 0 Å². The summed E-state index contributed by atoms with van der Waals surface area (Å²) in [5.74, 6) is -0.0587. The molecule has 0 unspecified atom stereocenters. The number of anilines is 1. The van der Waals surface area contributed by atoms with Gasteiger partial charge in [0.05, 0.1) is 10.7 Å². The second kappa shape index (κ2) is 5.22. The molecule has 2 amide bonds. The van der Waals surface area contributed by atoms with Crippen LogP contribution in [0.4, 0.5) is 10.5 Å². The number of rotatable bonds is 2. The minimum absolute atomic E-state index is 0.0587. The van der Waals surface area contributed by atoms with Crippen LogP contribution in [0.15, 0.2) is 23.4 Å². The van der Waals surface area contributed by atoms with Crippen LogP contribution in [0.5, 0.6) is 0 Å². The molecule has 0 atom stereocenters. The first kappa shape index (κ1) is 12.1. The maximum Gasteiger partial charge on any atom is 0.319 e. The Kier molecular flexibility index (Phi) is 3.96. The average Bonchev–Trinajstić information content (AvgIpc) is 2.30. The number of carbonyl (C=O) groups is 1. The van der Waals surface area contributed by atoms with Gasteiger partial charge in [0.1, 0.15) is 0 Å². The Morgan fingerprint density at radius 2 is 2.25 bits per heavy atom. The maximum atomic E-state index is 11.1. The first-order chi connectivity index (χ1) is 7.58. The van der Waals surface area contributed by atoms with E-state index in [1.165, 1.54) is 13.1 Å². The number of hydrogen-bond acceptors (Lipinski definition) is 3. The van der Waals surface area contributed by atoms with Crippen molar-refractivity contribution in [2.45, 2.75) is 0 Å². The van der Waals surface area contributed by atoms with Gasteiger partial charge >= 0.3 is 6.03 Å². The second-order valence-corrected chi connectivity index (χ2v) is 3.29. The third-order valence-electron chi connectivity index (χ3n) is 1.85. The lowest BCUT2D eigenvalue weighted by atomic mass is 10.2. The van der Waals surface area contributed by atoms with Crippen molar-refractivity contribution in [3.05, 3.63) is 28.8 Å². The highest BCUT2D eigenvalue weighted by atomic mass is 35.5. The molecule has 0 aliphatic heterocycles. The van der Waals surface area contributed by atoms with E-state index in [1.54, 1.807) is 12.1 Å². The molecule has 6 nitrogen and oxygen atoms in total. The molecule has 0 saturated carbocycles. The van der Waals surface area contributed by atoms with Crippen LogP contribution in [0.3, 0.4) is 0 Å². The fourth-order valence-corrected chi connectivity index (χ4v) is 1.19. The summed E-state index contributed by atoms with van der Waals surface area (Å²) in [6.07, 6.45) is 0. The van der Waals surface area contributed by atoms with E-state index in [0.29, 0.717) is 16.3 Å². The number of amides is 2. The van der Waals surface area contributed by atoms with E-state index in [0.717, 1.165) is 0 Å². The molecule has 16 heavy (non-hydrogen) atoms. The first-order valence-electron chi connectivity index (χ1n) is 4.34. The molecule has 7 heteroatoms. The lowest BCUT2D eigenvalue weighted by molar-refractivity contribution is 0.254. The molecule has 0 heterocycles. The zero-order valence-corrected chi connectivity index (χ0v) is 9.25. The molecule has 1 rings (SSSR count). The van der Waals surface area contributed by atoms with Crippen LogP contribution >= 0.6 is 11.6 Å². The van der Waals surface area contributed by atoms with Crippen molar-refractivity contribution in [3.8, 4) is 0 Å². The Morgan fingerprint density at radius 3 is 2.81 bits per heavy atom. The number of carbonyl (C=O) groups excluding carboxylic acids is 1. The third-order valence-corrected chi connectivity index (χ3v) is 2.17. The molecule has 86 valence electrons. The number of hydrogen-bond donors (Lipinski definition) is 4. The highest BCUT2D eigenvalue weighted by molar-refractivity contribution is 6.33. The highest BCUT2D eigenvalue weighted by Crippen LogP contribution is 2.22. The van der Waals surface area contributed by atoms with Gasteiger partial charge in [-0.15, -0.1) is 0 Å². The molecule has 0 aromatic heterocycles. The number of nitrogens with one attached hydrogen (secondary N) is 2. The quantitative estimate of drug-likeness (QED) is 0.271. The van der Waals surface area contributed by atoms with Gasteiger partial charge in [0, 0.05) is 12.6 Å². The van der Waals surface area contributed by atoms with Gasteiger partial charge < -0.3 is 21.6 Å². The molecule has 0 bridgehead atoms. The number of urea groups is 1. The molecule has 1 aromatic rings. The van der Waals surface area contributed by atoms with E-state index < -0.39 is 6.03 Å². The summed E-state index contributed by atoms with van der Waals surface area (Å²) in [5, 5.41) is 16.6. The summed E-state index contributed by atoms with van der Waals surface area (Å²) in [4.78, 5) is 11.1. The van der Waals surface area contributed by atoms with Crippen molar-refractivity contribution in [2.24, 2.45) is 10.9 Å². The van der Waals surface area contributed by atoms with Crippen molar-refractivity contribution in [3.63, 3.8) is 0 Å². The zero-order chi connectivity index (χ0) is 12.1. The van der Waals surface area contributed by atoms with Gasteiger partial charge in [0.25, 0.3) is 0 Å². The number of oxime groups is 1. The predicted octanol–water partition coefficient (Wildman–Crippen LogP) is 1.19. The van der Waals surface area contributed by atoms with Crippen molar-refractivity contribution >= 4 is 29.2 Å². The number of nitrogens with zero attached hydrogens (tertiary/aromatic N) is 1. The van der Waals surface area contributed by atoms with Gasteiger partial charge in [0.2, 0.25) is 0 Å². The topological polar surface area (TPSA) is 99.7 Å². The van der Waals surface area contributed by atoms with Gasteiger partial charge in [0.15, 0.2) is 5.84 Å². The van der Waals surface area contributed by atoms with Crippen LogP contribution in [0.2, 0.25) is 5.02 Å². The molecule has 5 N–H and O–H groups in total. The van der Waals surface area contributed by atoms with Gasteiger partial charge in [-0.3, -0.25) is 0 Å². The van der Waals surface area contributed by atoms with E-state index in [-0.39, 0.29) is 5.84 Å². The summed E-state index contributed by atoms with van der Waals surface area (Å²) in [6.45, 7) is 0. The Balaban J connectivity index is 3.04. The number of benzene rings is 1. The van der Waals surface area contributed by atoms with Gasteiger partial charge in [-0.25, -0.2) is 4.79 Å². The van der Waals surface area contributed by atoms with E-state index in [4.69, 9.17) is 22.5 Å². The Bertz CT molecular complexity index is 434. The smallest absolute Gasteiger partial charge is 0.319 e. The van der Waals surface area contributed by atoms with E-state index in [2.05, 4.69) is 15.8 Å². The van der Waals surface area contributed by atoms with Crippen molar-refractivity contribution in [2.75, 3.05) is 12.4 Å². The summed E-state index contributed by atoms with van der Waals surface area (Å²) < 4.78 is 0. The van der Waals surface area contributed by atoms with Crippen LogP contribution in [-0.2, 0) is 0 Å². The Morgan fingerprint density at radius 1 is 1.56 bits per heavy atom. The fourth-order valence-electron chi connectivity index (χ4n) is 1.02. The molecule has 0 aliphatic rings. The SMILES string of the molecule is CNC(=O)Nc1cc(/C(N)=N/O)ccc1Cl. The summed E-state index contributed by atoms with van der Waals surface area (Å²) in [7, 11) is 1.48. The molecule has 0 radical (unpaired) electrons. The largest absolute Gasteiger partial charge is 0.409 e. The minimum Gasteiger partial charge on any atom is -0.409 e. The lowest BCUT2D eigenvalue weighted by Crippen LogP contribution is -2.25. The van der Waals surface area contributed by atoms with Crippen LogP contribution < -0.4 is 16.4 Å². The normalized spacial score (nSPS) is 11.0. The Labute approximate surface area is 97.1 Å². The molecule has 0 spiro atoms. The third kappa shape index (κ3) is 2.77. The van der Waals surface area contributed by atoms with Gasteiger partial charge in [-0.05, 0) is 18.2 Å². The van der Waals surface area contributed by atoms with Crippen molar-refractivity contribution in [1.82, 2.24) is 5.32 Å². The summed E-state index contributed by atoms with van der Waals surface area (Å²) >= 11 is 5.86. The number of halogens is 1. The molecular weight excluding hydrogens is 232 g/mol. The van der Waals surface area contributed by atoms with Gasteiger partial charge in [-0.2, -0.15) is 0 Å². The molecular formula is C9H11ClN4O2. The van der Waals surface area contributed by atoms with E-state index >= 15 is 0 Å². The monoisotopic (exact) mass is 242 g/mol. The lowest BCUT2D eigenvalue weighted by Gasteiger charge is -2.08. The molecule has 0 fully saturated rings. The summed E-state index contributed by atoms with van der Waals surface area (Å²) in [6, 6.07) is 4.22. The van der Waals surface area contributed by atoms with E-state index in [9.17, 15) is 4.79 Å². The highest BCUT2D eigenvalue weighted by Gasteiger charge is 2.07. The number of amidine groups is 1. The minimum atomic E-state index is -0.404. The first-order valence-corrected chi connectivity index (χ1v) is 4.72. The van der Waals surface area contributed by atoms with Crippen molar-refractivity contribution in [1.29, 1.82) is 0 Å². The van der Waals surface area contributed by atoms with E-state index in [1.807, 2.05) is 0 Å². The fraction of sp³-hybridized carbons (Fsp3) is 0.111.